The highest BCUT2D eigenvalue weighted by Crippen LogP contribution is 2.20. The molecule has 0 bridgehead atoms. The Morgan fingerprint density at radius 2 is 1.90 bits per heavy atom. The lowest BCUT2D eigenvalue weighted by Crippen LogP contribution is -2.49. The first kappa shape index (κ1) is 24.8. The molecule has 0 aliphatic carbocycles. The maximum Gasteiger partial charge on any atom is 0.242 e. The van der Waals surface area contributed by atoms with E-state index in [9.17, 15) is 9.59 Å². The number of amides is 2. The van der Waals surface area contributed by atoms with Crippen LogP contribution in [0.15, 0.2) is 48.5 Å². The van der Waals surface area contributed by atoms with Crippen molar-refractivity contribution in [3.05, 3.63) is 65.2 Å². The van der Waals surface area contributed by atoms with Gasteiger partial charge in [0.05, 0.1) is 12.9 Å². The third-order valence-corrected chi connectivity index (χ3v) is 6.13. The van der Waals surface area contributed by atoms with Crippen molar-refractivity contribution in [1.82, 2.24) is 10.2 Å². The summed E-state index contributed by atoms with van der Waals surface area (Å²) < 4.78 is 5.32. The molecule has 168 valence electrons. The summed E-state index contributed by atoms with van der Waals surface area (Å²) in [6.07, 6.45) is 1.42. The minimum atomic E-state index is -0.496. The van der Waals surface area contributed by atoms with Crippen LogP contribution in [0.1, 0.15) is 43.4 Å². The molecule has 0 heterocycles. The van der Waals surface area contributed by atoms with Crippen molar-refractivity contribution in [3.8, 4) is 5.75 Å². The summed E-state index contributed by atoms with van der Waals surface area (Å²) in [7, 11) is 1.62. The summed E-state index contributed by atoms with van der Waals surface area (Å²) in [4.78, 5) is 27.8. The molecule has 2 aromatic rings. The Morgan fingerprint density at radius 1 is 1.13 bits per heavy atom. The Balaban J connectivity index is 2.15. The largest absolute Gasteiger partial charge is 0.497 e. The summed E-state index contributed by atoms with van der Waals surface area (Å²) in [6.45, 7) is 7.03. The van der Waals surface area contributed by atoms with Crippen molar-refractivity contribution in [2.75, 3.05) is 19.4 Å². The molecule has 2 rings (SSSR count). The van der Waals surface area contributed by atoms with Crippen LogP contribution in [0.3, 0.4) is 0 Å². The lowest BCUT2D eigenvalue weighted by molar-refractivity contribution is -0.139. The number of carbonyl (C=O) groups is 2. The van der Waals surface area contributed by atoms with Crippen LogP contribution in [-0.2, 0) is 21.9 Å². The number of thioether (sulfide) groups is 1. The number of hydrogen-bond donors (Lipinski definition) is 1. The summed E-state index contributed by atoms with van der Waals surface area (Å²) in [5.41, 5.74) is 3.40. The average Bonchev–Trinajstić information content (AvgIpc) is 2.78. The molecular formula is C25H34N2O3S. The van der Waals surface area contributed by atoms with Crippen molar-refractivity contribution < 1.29 is 14.3 Å². The van der Waals surface area contributed by atoms with Crippen molar-refractivity contribution in [1.29, 1.82) is 0 Å². The van der Waals surface area contributed by atoms with Crippen molar-refractivity contribution >= 4 is 23.6 Å². The van der Waals surface area contributed by atoms with Gasteiger partial charge in [-0.1, -0.05) is 50.2 Å². The van der Waals surface area contributed by atoms with Gasteiger partial charge in [-0.2, -0.15) is 0 Å². The van der Waals surface area contributed by atoms with Gasteiger partial charge in [0.15, 0.2) is 0 Å². The molecule has 5 nitrogen and oxygen atoms in total. The van der Waals surface area contributed by atoms with Gasteiger partial charge in [-0.3, -0.25) is 9.59 Å². The first-order valence-corrected chi connectivity index (χ1v) is 12.0. The Hall–Kier alpha value is -2.47. The highest BCUT2D eigenvalue weighted by molar-refractivity contribution is 7.99. The predicted molar refractivity (Wildman–Crippen MR) is 128 cm³/mol. The summed E-state index contributed by atoms with van der Waals surface area (Å²) in [6, 6.07) is 15.4. The molecule has 0 fully saturated rings. The lowest BCUT2D eigenvalue weighted by Gasteiger charge is -2.30. The smallest absolute Gasteiger partial charge is 0.242 e. The summed E-state index contributed by atoms with van der Waals surface area (Å²) in [5, 5.41) is 2.95. The molecule has 0 radical (unpaired) electrons. The van der Waals surface area contributed by atoms with Gasteiger partial charge in [-0.25, -0.2) is 0 Å². The second kappa shape index (κ2) is 13.1. The Kier molecular flexibility index (Phi) is 10.4. The molecule has 0 unspecified atom stereocenters. The van der Waals surface area contributed by atoms with E-state index in [2.05, 4.69) is 24.4 Å². The maximum absolute atomic E-state index is 13.2. The fourth-order valence-corrected chi connectivity index (χ4v) is 4.34. The van der Waals surface area contributed by atoms with Gasteiger partial charge >= 0.3 is 0 Å². The van der Waals surface area contributed by atoms with Gasteiger partial charge in [0, 0.05) is 18.8 Å². The molecule has 0 aliphatic rings. The van der Waals surface area contributed by atoms with E-state index < -0.39 is 6.04 Å². The van der Waals surface area contributed by atoms with Crippen LogP contribution < -0.4 is 10.1 Å². The zero-order valence-electron chi connectivity index (χ0n) is 19.0. The number of ether oxygens (including phenoxy) is 1. The van der Waals surface area contributed by atoms with E-state index in [-0.39, 0.29) is 11.8 Å². The number of benzene rings is 2. The molecule has 2 aromatic carbocycles. The van der Waals surface area contributed by atoms with E-state index in [1.807, 2.05) is 50.2 Å². The number of nitrogens with zero attached hydrogens (tertiary/aromatic N) is 1. The zero-order valence-corrected chi connectivity index (χ0v) is 19.8. The number of rotatable bonds is 12. The van der Waals surface area contributed by atoms with E-state index in [4.69, 9.17) is 4.74 Å². The molecular weight excluding hydrogens is 408 g/mol. The number of hydrogen-bond acceptors (Lipinski definition) is 4. The van der Waals surface area contributed by atoms with Crippen LogP contribution in [0.25, 0.3) is 0 Å². The van der Waals surface area contributed by atoms with Gasteiger partial charge < -0.3 is 15.0 Å². The fraction of sp³-hybridized carbons (Fsp3) is 0.440. The van der Waals surface area contributed by atoms with Gasteiger partial charge in [-0.05, 0) is 48.6 Å². The lowest BCUT2D eigenvalue weighted by atomic mass is 10.1. The summed E-state index contributed by atoms with van der Waals surface area (Å²) in [5.74, 6) is 1.71. The zero-order chi connectivity index (χ0) is 22.6. The molecule has 0 saturated heterocycles. The average molecular weight is 443 g/mol. The van der Waals surface area contributed by atoms with Gasteiger partial charge in [0.1, 0.15) is 11.8 Å². The minimum Gasteiger partial charge on any atom is -0.497 e. The fourth-order valence-electron chi connectivity index (χ4n) is 3.36. The van der Waals surface area contributed by atoms with Crippen LogP contribution in [0, 0.1) is 6.92 Å². The highest BCUT2D eigenvalue weighted by Gasteiger charge is 2.28. The molecule has 2 amide bonds. The Labute approximate surface area is 190 Å². The van der Waals surface area contributed by atoms with Gasteiger partial charge in [-0.15, -0.1) is 11.8 Å². The van der Waals surface area contributed by atoms with Crippen LogP contribution in [0.2, 0.25) is 0 Å². The number of aryl methyl sites for hydroxylation is 1. The van der Waals surface area contributed by atoms with Crippen LogP contribution in [-0.4, -0.2) is 42.2 Å². The van der Waals surface area contributed by atoms with E-state index in [1.54, 1.807) is 23.8 Å². The van der Waals surface area contributed by atoms with Crippen LogP contribution in [0.5, 0.6) is 5.75 Å². The normalized spacial score (nSPS) is 11.6. The van der Waals surface area contributed by atoms with E-state index in [0.717, 1.165) is 23.5 Å². The molecule has 0 aliphatic heterocycles. The van der Waals surface area contributed by atoms with Crippen molar-refractivity contribution in [2.24, 2.45) is 0 Å². The molecule has 6 heteroatoms. The van der Waals surface area contributed by atoms with Gasteiger partial charge in [0.25, 0.3) is 0 Å². The third kappa shape index (κ3) is 7.62. The summed E-state index contributed by atoms with van der Waals surface area (Å²) >= 11 is 1.59. The second-order valence-corrected chi connectivity index (χ2v) is 8.49. The molecule has 0 spiro atoms. The monoisotopic (exact) mass is 442 g/mol. The van der Waals surface area contributed by atoms with Crippen molar-refractivity contribution in [3.63, 3.8) is 0 Å². The molecule has 0 aromatic heterocycles. The second-order valence-electron chi connectivity index (χ2n) is 7.51. The topological polar surface area (TPSA) is 58.6 Å². The predicted octanol–water partition coefficient (Wildman–Crippen LogP) is 4.57. The minimum absolute atomic E-state index is 0.0279. The SMILES string of the molecule is CCCNC(=O)[C@H](CC)N(Cc1cccc(OC)c1)C(=O)CSCc1ccccc1C. The molecule has 0 saturated carbocycles. The van der Waals surface area contributed by atoms with E-state index in [1.165, 1.54) is 11.1 Å². The number of nitrogens with one attached hydrogen (secondary N) is 1. The highest BCUT2D eigenvalue weighted by atomic mass is 32.2. The third-order valence-electron chi connectivity index (χ3n) is 5.17. The first-order valence-electron chi connectivity index (χ1n) is 10.8. The quantitative estimate of drug-likeness (QED) is 0.523. The van der Waals surface area contributed by atoms with Crippen LogP contribution >= 0.6 is 11.8 Å². The van der Waals surface area contributed by atoms with E-state index in [0.29, 0.717) is 25.3 Å². The molecule has 1 N–H and O–H groups in total. The van der Waals surface area contributed by atoms with E-state index >= 15 is 0 Å². The first-order chi connectivity index (χ1) is 15.0. The number of methoxy groups -OCH3 is 1. The maximum atomic E-state index is 13.2. The van der Waals surface area contributed by atoms with Crippen molar-refractivity contribution in [2.45, 2.75) is 52.0 Å². The van der Waals surface area contributed by atoms with Gasteiger partial charge in [0.2, 0.25) is 11.8 Å². The number of carbonyl (C=O) groups excluding carboxylic acids is 2. The Morgan fingerprint density at radius 3 is 2.58 bits per heavy atom. The van der Waals surface area contributed by atoms with Crippen LogP contribution in [0.4, 0.5) is 0 Å². The molecule has 31 heavy (non-hydrogen) atoms. The Bertz CT molecular complexity index is 856. The standard InChI is InChI=1S/C25H34N2O3S/c1-5-14-26-25(29)23(6-2)27(16-20-11-9-13-22(15-20)30-4)24(28)18-31-17-21-12-8-7-10-19(21)3/h7-13,15,23H,5-6,14,16-18H2,1-4H3,(H,26,29)/t23-/m0/s1. The molecule has 1 atom stereocenters.